The number of carbonyl (C=O) groups is 1. The Kier molecular flexibility index (Phi) is 6.42. The van der Waals surface area contributed by atoms with Gasteiger partial charge in [-0.15, -0.1) is 0 Å². The standard InChI is InChI=1S/C28H25F2N3O2/c1-35-22-7-4-19(5-8-22)20-6-9-23(24(29)13-20)28(34)32-27-15-26-21(14-25(27)30)12-18(16-31-26)17-33-10-2-3-11-33/h4-9,12-16H,2-3,10-11,17H2,1H3,(H,32,34). The van der Waals surface area contributed by atoms with Gasteiger partial charge < -0.3 is 10.1 Å². The van der Waals surface area contributed by atoms with E-state index in [4.69, 9.17) is 4.74 Å². The molecule has 178 valence electrons. The number of halogens is 2. The number of hydrogen-bond acceptors (Lipinski definition) is 4. The summed E-state index contributed by atoms with van der Waals surface area (Å²) in [5.41, 5.74) is 2.77. The van der Waals surface area contributed by atoms with E-state index in [1.165, 1.54) is 37.1 Å². The van der Waals surface area contributed by atoms with Gasteiger partial charge in [0.2, 0.25) is 0 Å². The molecule has 1 aromatic heterocycles. The molecule has 7 heteroatoms. The first kappa shape index (κ1) is 22.9. The smallest absolute Gasteiger partial charge is 0.258 e. The van der Waals surface area contributed by atoms with E-state index in [-0.39, 0.29) is 11.3 Å². The first-order chi connectivity index (χ1) is 17.0. The van der Waals surface area contributed by atoms with Gasteiger partial charge in [-0.3, -0.25) is 14.7 Å². The summed E-state index contributed by atoms with van der Waals surface area (Å²) in [5, 5.41) is 3.15. The predicted molar refractivity (Wildman–Crippen MR) is 133 cm³/mol. The monoisotopic (exact) mass is 473 g/mol. The van der Waals surface area contributed by atoms with E-state index in [9.17, 15) is 13.6 Å². The second-order valence-electron chi connectivity index (χ2n) is 8.73. The molecule has 0 saturated carbocycles. The summed E-state index contributed by atoms with van der Waals surface area (Å²) in [6, 6.07) is 16.3. The van der Waals surface area contributed by atoms with Crippen LogP contribution >= 0.6 is 0 Å². The van der Waals surface area contributed by atoms with Gasteiger partial charge in [0.25, 0.3) is 5.91 Å². The van der Waals surface area contributed by atoms with Crippen molar-refractivity contribution in [1.29, 1.82) is 0 Å². The molecule has 3 aromatic carbocycles. The number of carbonyl (C=O) groups excluding carboxylic acids is 1. The van der Waals surface area contributed by atoms with Gasteiger partial charge in [-0.05, 0) is 85.1 Å². The van der Waals surface area contributed by atoms with Crippen LogP contribution in [0.1, 0.15) is 28.8 Å². The highest BCUT2D eigenvalue weighted by Crippen LogP contribution is 2.27. The number of pyridine rings is 1. The van der Waals surface area contributed by atoms with Crippen LogP contribution in [0.15, 0.2) is 66.9 Å². The van der Waals surface area contributed by atoms with Crippen molar-refractivity contribution in [3.8, 4) is 16.9 Å². The molecule has 5 rings (SSSR count). The molecule has 0 aliphatic carbocycles. The normalized spacial score (nSPS) is 13.8. The molecular formula is C28H25F2N3O2. The summed E-state index contributed by atoms with van der Waals surface area (Å²) in [6.07, 6.45) is 4.18. The number of fused-ring (bicyclic) bond motifs is 1. The van der Waals surface area contributed by atoms with Crippen molar-refractivity contribution < 1.29 is 18.3 Å². The maximum Gasteiger partial charge on any atom is 0.258 e. The lowest BCUT2D eigenvalue weighted by molar-refractivity contribution is 0.102. The fourth-order valence-corrected chi connectivity index (χ4v) is 4.43. The average molecular weight is 474 g/mol. The first-order valence-corrected chi connectivity index (χ1v) is 11.6. The summed E-state index contributed by atoms with van der Waals surface area (Å²) in [5.74, 6) is -1.32. The quantitative estimate of drug-likeness (QED) is 0.371. The Bertz CT molecular complexity index is 1380. The number of methoxy groups -OCH3 is 1. The van der Waals surface area contributed by atoms with E-state index in [1.54, 1.807) is 43.6 Å². The molecule has 1 N–H and O–H groups in total. The molecule has 1 saturated heterocycles. The summed E-state index contributed by atoms with van der Waals surface area (Å²) < 4.78 is 34.8. The van der Waals surface area contributed by atoms with Crippen LogP contribution in [-0.2, 0) is 6.54 Å². The minimum absolute atomic E-state index is 0.0408. The number of anilines is 1. The zero-order valence-corrected chi connectivity index (χ0v) is 19.4. The highest BCUT2D eigenvalue weighted by atomic mass is 19.1. The number of rotatable bonds is 6. The Hall–Kier alpha value is -3.84. The van der Waals surface area contributed by atoms with Crippen LogP contribution in [0.3, 0.4) is 0 Å². The Labute approximate surface area is 202 Å². The van der Waals surface area contributed by atoms with Gasteiger partial charge >= 0.3 is 0 Å². The van der Waals surface area contributed by atoms with Crippen molar-refractivity contribution in [3.63, 3.8) is 0 Å². The third-order valence-corrected chi connectivity index (χ3v) is 6.32. The van der Waals surface area contributed by atoms with Crippen molar-refractivity contribution in [2.75, 3.05) is 25.5 Å². The highest BCUT2D eigenvalue weighted by molar-refractivity contribution is 6.05. The number of amides is 1. The number of nitrogens with zero attached hydrogens (tertiary/aromatic N) is 2. The van der Waals surface area contributed by atoms with Crippen LogP contribution in [0, 0.1) is 11.6 Å². The fourth-order valence-electron chi connectivity index (χ4n) is 4.43. The lowest BCUT2D eigenvalue weighted by Crippen LogP contribution is -2.18. The SMILES string of the molecule is COc1ccc(-c2ccc(C(=O)Nc3cc4ncc(CN5CCCC5)cc4cc3F)c(F)c2)cc1. The molecule has 1 fully saturated rings. The maximum absolute atomic E-state index is 14.8. The molecule has 5 nitrogen and oxygen atoms in total. The second-order valence-corrected chi connectivity index (χ2v) is 8.73. The molecule has 4 aromatic rings. The minimum atomic E-state index is -0.729. The third kappa shape index (κ3) is 5.00. The van der Waals surface area contributed by atoms with Crippen LogP contribution < -0.4 is 10.1 Å². The molecule has 0 unspecified atom stereocenters. The van der Waals surface area contributed by atoms with Crippen molar-refractivity contribution in [2.24, 2.45) is 0 Å². The van der Waals surface area contributed by atoms with Gasteiger partial charge in [-0.2, -0.15) is 0 Å². The number of likely N-dealkylation sites (tertiary alicyclic amines) is 1. The molecule has 1 amide bonds. The minimum Gasteiger partial charge on any atom is -0.497 e. The molecule has 0 radical (unpaired) electrons. The summed E-state index contributed by atoms with van der Waals surface area (Å²) in [4.78, 5) is 19.5. The molecule has 35 heavy (non-hydrogen) atoms. The largest absolute Gasteiger partial charge is 0.497 e. The van der Waals surface area contributed by atoms with Crippen LogP contribution in [0.4, 0.5) is 14.5 Å². The van der Waals surface area contributed by atoms with Gasteiger partial charge in [0.05, 0.1) is 23.9 Å². The maximum atomic E-state index is 14.8. The Balaban J connectivity index is 1.34. The predicted octanol–water partition coefficient (Wildman–Crippen LogP) is 6.04. The van der Waals surface area contributed by atoms with E-state index in [1.807, 2.05) is 6.07 Å². The lowest BCUT2D eigenvalue weighted by Gasteiger charge is -2.15. The van der Waals surface area contributed by atoms with Crippen LogP contribution in [0.25, 0.3) is 22.0 Å². The number of benzene rings is 3. The molecule has 0 spiro atoms. The number of hydrogen-bond donors (Lipinski definition) is 1. The van der Waals surface area contributed by atoms with Crippen molar-refractivity contribution in [2.45, 2.75) is 19.4 Å². The second kappa shape index (κ2) is 9.80. The number of ether oxygens (including phenoxy) is 1. The van der Waals surface area contributed by atoms with Gasteiger partial charge in [0.1, 0.15) is 17.4 Å². The number of aromatic nitrogens is 1. The van der Waals surface area contributed by atoms with E-state index < -0.39 is 17.5 Å². The van der Waals surface area contributed by atoms with Crippen molar-refractivity contribution in [3.05, 3.63) is 89.6 Å². The van der Waals surface area contributed by atoms with Gasteiger partial charge in [-0.1, -0.05) is 18.2 Å². The highest BCUT2D eigenvalue weighted by Gasteiger charge is 2.17. The van der Waals surface area contributed by atoms with Crippen LogP contribution in [0.5, 0.6) is 5.75 Å². The first-order valence-electron chi connectivity index (χ1n) is 11.6. The molecule has 2 heterocycles. The van der Waals surface area contributed by atoms with Gasteiger partial charge in [-0.25, -0.2) is 8.78 Å². The van der Waals surface area contributed by atoms with Gasteiger partial charge in [0.15, 0.2) is 0 Å². The fraction of sp³-hybridized carbons (Fsp3) is 0.214. The average Bonchev–Trinajstić information content (AvgIpc) is 3.37. The van der Waals surface area contributed by atoms with Crippen LogP contribution in [-0.4, -0.2) is 36.0 Å². The van der Waals surface area contributed by atoms with E-state index in [2.05, 4.69) is 15.2 Å². The summed E-state index contributed by atoms with van der Waals surface area (Å²) >= 11 is 0. The van der Waals surface area contributed by atoms with Crippen LogP contribution in [0.2, 0.25) is 0 Å². The molecular weight excluding hydrogens is 448 g/mol. The number of nitrogens with one attached hydrogen (secondary N) is 1. The Morgan fingerprint density at radius 1 is 0.971 bits per heavy atom. The van der Waals surface area contributed by atoms with Gasteiger partial charge in [0, 0.05) is 18.1 Å². The van der Waals surface area contributed by atoms with E-state index in [0.717, 1.165) is 30.8 Å². The lowest BCUT2D eigenvalue weighted by atomic mass is 10.0. The Morgan fingerprint density at radius 2 is 1.71 bits per heavy atom. The summed E-state index contributed by atoms with van der Waals surface area (Å²) in [6.45, 7) is 2.92. The van der Waals surface area contributed by atoms with E-state index >= 15 is 0 Å². The molecule has 0 atom stereocenters. The third-order valence-electron chi connectivity index (χ3n) is 6.32. The topological polar surface area (TPSA) is 54.5 Å². The Morgan fingerprint density at radius 3 is 2.43 bits per heavy atom. The molecule has 0 bridgehead atoms. The zero-order valence-electron chi connectivity index (χ0n) is 19.4. The van der Waals surface area contributed by atoms with Crippen molar-refractivity contribution >= 4 is 22.5 Å². The molecule has 1 aliphatic heterocycles. The molecule has 1 aliphatic rings. The summed E-state index contributed by atoms with van der Waals surface area (Å²) in [7, 11) is 1.57. The van der Waals surface area contributed by atoms with E-state index in [0.29, 0.717) is 22.2 Å². The zero-order chi connectivity index (χ0) is 24.4. The van der Waals surface area contributed by atoms with Crippen molar-refractivity contribution in [1.82, 2.24) is 9.88 Å².